The molecule has 2 unspecified atom stereocenters. The molecule has 1 aliphatic rings. The minimum absolute atomic E-state index is 0.0930. The average molecular weight is 357 g/mol. The van der Waals surface area contributed by atoms with Gasteiger partial charge < -0.3 is 0 Å². The zero-order valence-corrected chi connectivity index (χ0v) is 13.9. The molecule has 1 saturated carbocycles. The van der Waals surface area contributed by atoms with E-state index in [1.807, 2.05) is 0 Å². The fraction of sp³-hybridized carbons (Fsp3) is 0.538. The highest BCUT2D eigenvalue weighted by Crippen LogP contribution is 2.32. The van der Waals surface area contributed by atoms with Gasteiger partial charge in [-0.25, -0.2) is 13.1 Å². The molecule has 2 rings (SSSR count). The third kappa shape index (κ3) is 4.01. The van der Waals surface area contributed by atoms with Crippen LogP contribution in [0, 0.1) is 11.8 Å². The van der Waals surface area contributed by atoms with E-state index >= 15 is 0 Å². The van der Waals surface area contributed by atoms with Crippen LogP contribution in [0.1, 0.15) is 19.3 Å². The number of benzene rings is 1. The number of hydrogen-bond donors (Lipinski definition) is 1. The molecule has 2 atom stereocenters. The Hall–Kier alpha value is -0.000000000000000139. The van der Waals surface area contributed by atoms with Crippen LogP contribution in [0.3, 0.4) is 0 Å². The van der Waals surface area contributed by atoms with E-state index < -0.39 is 10.0 Å². The lowest BCUT2D eigenvalue weighted by molar-refractivity contribution is 0.418. The van der Waals surface area contributed by atoms with Gasteiger partial charge in [0, 0.05) is 22.5 Å². The van der Waals surface area contributed by atoms with Crippen LogP contribution in [0.4, 0.5) is 0 Å². The Kier molecular flexibility index (Phi) is 5.60. The van der Waals surface area contributed by atoms with Gasteiger partial charge in [0.25, 0.3) is 0 Å². The lowest BCUT2D eigenvalue weighted by Crippen LogP contribution is -2.31. The monoisotopic (exact) mass is 355 g/mol. The highest BCUT2D eigenvalue weighted by molar-refractivity contribution is 7.89. The highest BCUT2D eigenvalue weighted by Gasteiger charge is 2.28. The summed E-state index contributed by atoms with van der Waals surface area (Å²) in [5, 5.41) is 0.606. The lowest BCUT2D eigenvalue weighted by Gasteiger charge is -2.17. The number of nitrogens with one attached hydrogen (secondary N) is 1. The van der Waals surface area contributed by atoms with Crippen LogP contribution < -0.4 is 4.72 Å². The van der Waals surface area contributed by atoms with Crippen molar-refractivity contribution in [2.75, 3.05) is 12.4 Å². The SMILES string of the molecule is O=S(=O)(NCC1CCCC1CCl)c1cc(Cl)cc(Cl)c1. The molecule has 0 spiro atoms. The Bertz CT molecular complexity index is 557. The predicted molar refractivity (Wildman–Crippen MR) is 83.2 cm³/mol. The summed E-state index contributed by atoms with van der Waals surface area (Å²) in [5.41, 5.74) is 0. The number of alkyl halides is 1. The van der Waals surface area contributed by atoms with E-state index in [4.69, 9.17) is 34.8 Å². The molecule has 1 aromatic carbocycles. The molecule has 3 nitrogen and oxygen atoms in total. The fourth-order valence-electron chi connectivity index (χ4n) is 2.57. The smallest absolute Gasteiger partial charge is 0.211 e. The third-order valence-corrected chi connectivity index (χ3v) is 5.93. The summed E-state index contributed by atoms with van der Waals surface area (Å²) in [6.45, 7) is 0.407. The van der Waals surface area contributed by atoms with Crippen molar-refractivity contribution in [2.24, 2.45) is 11.8 Å². The summed E-state index contributed by atoms with van der Waals surface area (Å²) in [4.78, 5) is 0.0930. The van der Waals surface area contributed by atoms with E-state index in [0.717, 1.165) is 19.3 Å². The van der Waals surface area contributed by atoms with Gasteiger partial charge in [-0.1, -0.05) is 29.6 Å². The first-order valence-corrected chi connectivity index (χ1v) is 9.21. The zero-order chi connectivity index (χ0) is 14.8. The number of sulfonamides is 1. The summed E-state index contributed by atoms with van der Waals surface area (Å²) in [7, 11) is -3.59. The Balaban J connectivity index is 2.07. The summed E-state index contributed by atoms with van der Waals surface area (Å²) in [5.74, 6) is 1.27. The summed E-state index contributed by atoms with van der Waals surface area (Å²) < 4.78 is 27.1. The van der Waals surface area contributed by atoms with Crippen LogP contribution in [-0.4, -0.2) is 20.8 Å². The minimum Gasteiger partial charge on any atom is -0.211 e. The van der Waals surface area contributed by atoms with E-state index in [2.05, 4.69) is 4.72 Å². The fourth-order valence-corrected chi connectivity index (χ4v) is 4.80. The van der Waals surface area contributed by atoms with Gasteiger partial charge in [-0.3, -0.25) is 0 Å². The molecule has 0 radical (unpaired) electrons. The average Bonchev–Trinajstić information content (AvgIpc) is 2.82. The molecule has 0 amide bonds. The molecular weight excluding hydrogens is 341 g/mol. The molecule has 1 aromatic rings. The molecule has 0 heterocycles. The molecule has 1 N–H and O–H groups in total. The van der Waals surface area contributed by atoms with Crippen molar-refractivity contribution in [3.05, 3.63) is 28.2 Å². The summed E-state index contributed by atoms with van der Waals surface area (Å²) in [6.07, 6.45) is 3.18. The van der Waals surface area contributed by atoms with Crippen molar-refractivity contribution in [2.45, 2.75) is 24.2 Å². The lowest BCUT2D eigenvalue weighted by atomic mass is 9.98. The standard InChI is InChI=1S/C13H16Cl3NO2S/c14-7-9-2-1-3-10(9)8-17-20(18,19)13-5-11(15)4-12(16)6-13/h4-6,9-10,17H,1-3,7-8H2. The van der Waals surface area contributed by atoms with E-state index in [9.17, 15) is 8.42 Å². The van der Waals surface area contributed by atoms with Crippen LogP contribution in [0.2, 0.25) is 10.0 Å². The van der Waals surface area contributed by atoms with Gasteiger partial charge in [-0.15, -0.1) is 11.6 Å². The molecule has 112 valence electrons. The van der Waals surface area contributed by atoms with Crippen molar-refractivity contribution in [3.8, 4) is 0 Å². The topological polar surface area (TPSA) is 46.2 Å². The molecule has 7 heteroatoms. The Morgan fingerprint density at radius 3 is 2.30 bits per heavy atom. The first-order valence-electron chi connectivity index (χ1n) is 6.44. The van der Waals surface area contributed by atoms with Gasteiger partial charge in [0.1, 0.15) is 0 Å². The molecule has 0 aliphatic heterocycles. The molecule has 0 aromatic heterocycles. The van der Waals surface area contributed by atoms with Crippen molar-refractivity contribution in [1.82, 2.24) is 4.72 Å². The first-order chi connectivity index (χ1) is 9.42. The molecule has 1 aliphatic carbocycles. The maximum absolute atomic E-state index is 12.2. The largest absolute Gasteiger partial charge is 0.240 e. The Morgan fingerprint density at radius 1 is 1.10 bits per heavy atom. The summed E-state index contributed by atoms with van der Waals surface area (Å²) >= 11 is 17.6. The number of hydrogen-bond acceptors (Lipinski definition) is 2. The van der Waals surface area contributed by atoms with Crippen molar-refractivity contribution >= 4 is 44.8 Å². The van der Waals surface area contributed by atoms with E-state index in [-0.39, 0.29) is 4.90 Å². The third-order valence-electron chi connectivity index (χ3n) is 3.70. The van der Waals surface area contributed by atoms with E-state index in [0.29, 0.717) is 34.3 Å². The van der Waals surface area contributed by atoms with Crippen LogP contribution in [-0.2, 0) is 10.0 Å². The molecule has 0 saturated heterocycles. The second-order valence-electron chi connectivity index (χ2n) is 5.06. The summed E-state index contributed by atoms with van der Waals surface area (Å²) in [6, 6.07) is 4.29. The Labute approximate surface area is 134 Å². The van der Waals surface area contributed by atoms with Gasteiger partial charge in [0.2, 0.25) is 10.0 Å². The van der Waals surface area contributed by atoms with Gasteiger partial charge in [-0.2, -0.15) is 0 Å². The van der Waals surface area contributed by atoms with Crippen LogP contribution >= 0.6 is 34.8 Å². The number of rotatable bonds is 5. The molecule has 1 fully saturated rings. The maximum Gasteiger partial charge on any atom is 0.240 e. The van der Waals surface area contributed by atoms with Crippen LogP contribution in [0.25, 0.3) is 0 Å². The Morgan fingerprint density at radius 2 is 1.70 bits per heavy atom. The maximum atomic E-state index is 12.2. The van der Waals surface area contributed by atoms with Gasteiger partial charge in [-0.05, 0) is 42.9 Å². The van der Waals surface area contributed by atoms with E-state index in [1.54, 1.807) is 0 Å². The highest BCUT2D eigenvalue weighted by atomic mass is 35.5. The van der Waals surface area contributed by atoms with Crippen LogP contribution in [0.5, 0.6) is 0 Å². The molecular formula is C13H16Cl3NO2S. The number of halogens is 3. The predicted octanol–water partition coefficient (Wildman–Crippen LogP) is 3.93. The normalized spacial score (nSPS) is 23.1. The van der Waals surface area contributed by atoms with Crippen molar-refractivity contribution < 1.29 is 8.42 Å². The van der Waals surface area contributed by atoms with Crippen molar-refractivity contribution in [1.29, 1.82) is 0 Å². The van der Waals surface area contributed by atoms with E-state index in [1.165, 1.54) is 18.2 Å². The second kappa shape index (κ2) is 6.84. The first kappa shape index (κ1) is 16.4. The van der Waals surface area contributed by atoms with Gasteiger partial charge >= 0.3 is 0 Å². The van der Waals surface area contributed by atoms with Crippen LogP contribution in [0.15, 0.2) is 23.1 Å². The van der Waals surface area contributed by atoms with Gasteiger partial charge in [0.05, 0.1) is 4.90 Å². The van der Waals surface area contributed by atoms with Gasteiger partial charge in [0.15, 0.2) is 0 Å². The molecule has 0 bridgehead atoms. The quantitative estimate of drug-likeness (QED) is 0.813. The molecule has 20 heavy (non-hydrogen) atoms. The zero-order valence-electron chi connectivity index (χ0n) is 10.8. The minimum atomic E-state index is -3.59. The second-order valence-corrected chi connectivity index (χ2v) is 8.01. The van der Waals surface area contributed by atoms with Crippen molar-refractivity contribution in [3.63, 3.8) is 0 Å².